The minimum Gasteiger partial charge on any atom is -0.356 e. The Labute approximate surface area is 162 Å². The van der Waals surface area contributed by atoms with Crippen molar-refractivity contribution in [2.75, 3.05) is 16.3 Å². The Balaban J connectivity index is 1.63. The first-order valence-electron chi connectivity index (χ1n) is 9.11. The maximum Gasteiger partial charge on any atom is 0.170 e. The van der Waals surface area contributed by atoms with Gasteiger partial charge in [-0.25, -0.2) is 4.98 Å². The predicted molar refractivity (Wildman–Crippen MR) is 111 cm³/mol. The zero-order valence-electron chi connectivity index (χ0n) is 15.0. The number of benzene rings is 1. The lowest BCUT2D eigenvalue weighted by atomic mass is 9.95. The van der Waals surface area contributed by atoms with Crippen molar-refractivity contribution in [3.63, 3.8) is 0 Å². The molecule has 1 aromatic carbocycles. The first-order valence-corrected chi connectivity index (χ1v) is 10.3. The number of ketones is 1. The highest BCUT2D eigenvalue weighted by Crippen LogP contribution is 2.51. The number of hydrogen-bond donors (Lipinski definition) is 3. The molecule has 0 aliphatic heterocycles. The predicted octanol–water partition coefficient (Wildman–Crippen LogP) is 4.89. The number of nitrogens with one attached hydrogen (secondary N) is 3. The van der Waals surface area contributed by atoms with Gasteiger partial charge in [0.15, 0.2) is 5.78 Å². The Morgan fingerprint density at radius 3 is 2.89 bits per heavy atom. The molecule has 5 rings (SSSR count). The lowest BCUT2D eigenvalue weighted by Crippen LogP contribution is -2.14. The zero-order chi connectivity index (χ0) is 18.4. The van der Waals surface area contributed by atoms with Gasteiger partial charge in [-0.2, -0.15) is 0 Å². The van der Waals surface area contributed by atoms with E-state index in [-0.39, 0.29) is 11.7 Å². The molecule has 2 heterocycles. The summed E-state index contributed by atoms with van der Waals surface area (Å²) in [7, 11) is 0. The van der Waals surface area contributed by atoms with Crippen molar-refractivity contribution in [3.05, 3.63) is 59.9 Å². The number of fused-ring (bicyclic) bond motifs is 2. The number of nitrogens with zero attached hydrogens (tertiary/aromatic N) is 1. The molecule has 3 aromatic rings. The van der Waals surface area contributed by atoms with Crippen LogP contribution in [0.25, 0.3) is 11.3 Å². The van der Waals surface area contributed by atoms with Crippen molar-refractivity contribution in [3.8, 4) is 11.3 Å². The number of aromatic amines is 1. The Hall–Kier alpha value is -2.73. The minimum atomic E-state index is 0.212. The van der Waals surface area contributed by atoms with Crippen LogP contribution in [0.1, 0.15) is 22.5 Å². The number of Topliss-reactive ketones (excluding diaryl/α,β-unsaturated/α-hetero) is 1. The van der Waals surface area contributed by atoms with Crippen LogP contribution in [-0.4, -0.2) is 22.0 Å². The van der Waals surface area contributed by atoms with Gasteiger partial charge in [0.25, 0.3) is 0 Å². The number of hydrogen-bond acceptors (Lipinski definition) is 5. The standard InChI is InChI=1S/C21H20N4OS/c1-27-25-17-11-12(7-8-22-17)19-20(23-14-5-3-2-4-6-14)18-16(24-19)10-13-9-15(13)21(18)26/h2-8,11,13,15,23-24H,9-10H2,1H3,(H,22,25). The van der Waals surface area contributed by atoms with Crippen LogP contribution >= 0.6 is 11.9 Å². The van der Waals surface area contributed by atoms with Gasteiger partial charge >= 0.3 is 0 Å². The summed E-state index contributed by atoms with van der Waals surface area (Å²) < 4.78 is 3.18. The molecule has 6 heteroatoms. The van der Waals surface area contributed by atoms with Crippen molar-refractivity contribution in [1.82, 2.24) is 9.97 Å². The molecule has 0 amide bonds. The van der Waals surface area contributed by atoms with Gasteiger partial charge in [0, 0.05) is 35.3 Å². The largest absolute Gasteiger partial charge is 0.356 e. The highest BCUT2D eigenvalue weighted by atomic mass is 32.2. The summed E-state index contributed by atoms with van der Waals surface area (Å²) in [5, 5.41) is 3.50. The normalized spacial score (nSPS) is 20.0. The number of H-pyrrole nitrogens is 1. The lowest BCUT2D eigenvalue weighted by molar-refractivity contribution is 0.0955. The molecule has 27 heavy (non-hydrogen) atoms. The van der Waals surface area contributed by atoms with Crippen LogP contribution in [-0.2, 0) is 6.42 Å². The third-order valence-electron chi connectivity index (χ3n) is 5.35. The third-order valence-corrected chi connectivity index (χ3v) is 5.76. The molecule has 2 atom stereocenters. The maximum atomic E-state index is 13.0. The molecule has 0 radical (unpaired) electrons. The van der Waals surface area contributed by atoms with Crippen LogP contribution in [0.4, 0.5) is 17.2 Å². The molecule has 5 nitrogen and oxygen atoms in total. The first kappa shape index (κ1) is 16.4. The summed E-state index contributed by atoms with van der Waals surface area (Å²) in [5.41, 5.74) is 5.71. The van der Waals surface area contributed by atoms with E-state index < -0.39 is 0 Å². The van der Waals surface area contributed by atoms with Crippen molar-refractivity contribution in [2.45, 2.75) is 12.8 Å². The fourth-order valence-electron chi connectivity index (χ4n) is 3.97. The number of carbonyl (C=O) groups is 1. The number of aromatic nitrogens is 2. The second-order valence-electron chi connectivity index (χ2n) is 7.13. The third kappa shape index (κ3) is 2.90. The fourth-order valence-corrected chi connectivity index (χ4v) is 4.29. The van der Waals surface area contributed by atoms with Crippen molar-refractivity contribution < 1.29 is 4.79 Å². The highest BCUT2D eigenvalue weighted by molar-refractivity contribution is 7.99. The average Bonchev–Trinajstić information content (AvgIpc) is 3.38. The van der Waals surface area contributed by atoms with E-state index in [0.29, 0.717) is 5.92 Å². The van der Waals surface area contributed by atoms with Crippen LogP contribution in [0, 0.1) is 11.8 Å². The molecule has 1 saturated carbocycles. The van der Waals surface area contributed by atoms with Gasteiger partial charge in [0.1, 0.15) is 5.82 Å². The van der Waals surface area contributed by atoms with Crippen molar-refractivity contribution in [2.24, 2.45) is 11.8 Å². The van der Waals surface area contributed by atoms with Crippen molar-refractivity contribution in [1.29, 1.82) is 0 Å². The maximum absolute atomic E-state index is 13.0. The average molecular weight is 376 g/mol. The molecule has 2 aliphatic carbocycles. The SMILES string of the molecule is CSNc1cc(-c2[nH]c3c(c2Nc2ccccc2)C(=O)C2CC2C3)ccn1. The van der Waals surface area contributed by atoms with E-state index in [9.17, 15) is 4.79 Å². The summed E-state index contributed by atoms with van der Waals surface area (Å²) in [6.45, 7) is 0. The van der Waals surface area contributed by atoms with Gasteiger partial charge in [0.05, 0.1) is 16.9 Å². The van der Waals surface area contributed by atoms with Crippen LogP contribution in [0.2, 0.25) is 0 Å². The summed E-state index contributed by atoms with van der Waals surface area (Å²) in [6.07, 6.45) is 5.74. The van der Waals surface area contributed by atoms with E-state index in [0.717, 1.165) is 52.5 Å². The monoisotopic (exact) mass is 376 g/mol. The number of rotatable bonds is 5. The lowest BCUT2D eigenvalue weighted by Gasteiger charge is -2.13. The fraction of sp³-hybridized carbons (Fsp3) is 0.238. The summed E-state index contributed by atoms with van der Waals surface area (Å²) in [6, 6.07) is 14.0. The Morgan fingerprint density at radius 1 is 1.22 bits per heavy atom. The van der Waals surface area contributed by atoms with Gasteiger partial charge in [-0.05, 0) is 43.0 Å². The smallest absolute Gasteiger partial charge is 0.170 e. The number of anilines is 3. The van der Waals surface area contributed by atoms with Gasteiger partial charge in [0.2, 0.25) is 0 Å². The summed E-state index contributed by atoms with van der Waals surface area (Å²) >= 11 is 1.51. The minimum absolute atomic E-state index is 0.212. The molecule has 0 spiro atoms. The van der Waals surface area contributed by atoms with E-state index in [1.165, 1.54) is 11.9 Å². The van der Waals surface area contributed by atoms with Crippen LogP contribution < -0.4 is 10.0 Å². The van der Waals surface area contributed by atoms with Gasteiger partial charge in [-0.15, -0.1) is 0 Å². The molecule has 2 unspecified atom stereocenters. The molecule has 2 aliphatic rings. The Morgan fingerprint density at radius 2 is 2.07 bits per heavy atom. The molecule has 2 aromatic heterocycles. The molecule has 136 valence electrons. The Kier molecular flexibility index (Phi) is 3.93. The quantitative estimate of drug-likeness (QED) is 0.553. The number of pyridine rings is 1. The van der Waals surface area contributed by atoms with E-state index in [1.54, 1.807) is 6.20 Å². The summed E-state index contributed by atoms with van der Waals surface area (Å²) in [4.78, 5) is 20.9. The Bertz CT molecular complexity index is 1010. The van der Waals surface area contributed by atoms with Crippen LogP contribution in [0.15, 0.2) is 48.7 Å². The van der Waals surface area contributed by atoms with E-state index in [1.807, 2.05) is 48.7 Å². The molecule has 1 fully saturated rings. The molecular weight excluding hydrogens is 356 g/mol. The highest BCUT2D eigenvalue weighted by Gasteiger charge is 2.49. The van der Waals surface area contributed by atoms with Crippen LogP contribution in [0.3, 0.4) is 0 Å². The van der Waals surface area contributed by atoms with E-state index in [4.69, 9.17) is 0 Å². The molecule has 3 N–H and O–H groups in total. The van der Waals surface area contributed by atoms with Crippen LogP contribution in [0.5, 0.6) is 0 Å². The second kappa shape index (κ2) is 6.46. The molecular formula is C21H20N4OS. The molecule has 0 bridgehead atoms. The molecule has 0 saturated heterocycles. The number of para-hydroxylation sites is 1. The topological polar surface area (TPSA) is 69.8 Å². The second-order valence-corrected chi connectivity index (χ2v) is 7.74. The van der Waals surface area contributed by atoms with Gasteiger partial charge < -0.3 is 15.0 Å². The van der Waals surface area contributed by atoms with E-state index in [2.05, 4.69) is 20.0 Å². The van der Waals surface area contributed by atoms with Gasteiger partial charge in [-0.1, -0.05) is 30.1 Å². The van der Waals surface area contributed by atoms with E-state index >= 15 is 0 Å². The number of carbonyl (C=O) groups excluding carboxylic acids is 1. The first-order chi connectivity index (χ1) is 13.2. The van der Waals surface area contributed by atoms with Gasteiger partial charge in [-0.3, -0.25) is 4.79 Å². The van der Waals surface area contributed by atoms with Crippen molar-refractivity contribution >= 4 is 34.9 Å². The summed E-state index contributed by atoms with van der Waals surface area (Å²) in [5.74, 6) is 1.81. The zero-order valence-corrected chi connectivity index (χ0v) is 15.8.